The van der Waals surface area contributed by atoms with Crippen molar-refractivity contribution < 1.29 is 14.3 Å². The molecule has 0 radical (unpaired) electrons. The highest BCUT2D eigenvalue weighted by Gasteiger charge is 2.32. The van der Waals surface area contributed by atoms with E-state index in [1.54, 1.807) is 26.8 Å². The molecule has 4 nitrogen and oxygen atoms in total. The van der Waals surface area contributed by atoms with E-state index >= 15 is 0 Å². The third kappa shape index (κ3) is 4.51. The maximum absolute atomic E-state index is 12.1. The monoisotopic (exact) mass is 253 g/mol. The van der Waals surface area contributed by atoms with Crippen molar-refractivity contribution in [1.29, 1.82) is 0 Å². The molecule has 1 saturated carbocycles. The fourth-order valence-corrected chi connectivity index (χ4v) is 1.84. The predicted octanol–water partition coefficient (Wildman–Crippen LogP) is 2.83. The first-order chi connectivity index (χ1) is 8.33. The summed E-state index contributed by atoms with van der Waals surface area (Å²) in [4.78, 5) is 23.8. The number of ether oxygens (including phenoxy) is 1. The van der Waals surface area contributed by atoms with Gasteiger partial charge in [0.1, 0.15) is 5.60 Å². The van der Waals surface area contributed by atoms with Crippen molar-refractivity contribution in [3.05, 3.63) is 12.7 Å². The van der Waals surface area contributed by atoms with Crippen LogP contribution in [0.4, 0.5) is 4.79 Å². The number of hydrogen-bond donors (Lipinski definition) is 1. The molecule has 0 heterocycles. The van der Waals surface area contributed by atoms with Gasteiger partial charge in [-0.2, -0.15) is 0 Å². The lowest BCUT2D eigenvalue weighted by atomic mass is 9.79. The molecule has 1 fully saturated rings. The van der Waals surface area contributed by atoms with E-state index in [1.807, 2.05) is 0 Å². The van der Waals surface area contributed by atoms with E-state index in [4.69, 9.17) is 4.74 Å². The summed E-state index contributed by atoms with van der Waals surface area (Å²) in [6, 6.07) is -0.498. The van der Waals surface area contributed by atoms with Gasteiger partial charge in [-0.25, -0.2) is 4.79 Å². The molecule has 1 aliphatic carbocycles. The van der Waals surface area contributed by atoms with Crippen molar-refractivity contribution in [1.82, 2.24) is 5.32 Å². The normalized spacial score (nSPS) is 17.5. The molecule has 1 atom stereocenters. The summed E-state index contributed by atoms with van der Waals surface area (Å²) in [5.41, 5.74) is -0.553. The van der Waals surface area contributed by atoms with Gasteiger partial charge in [0.05, 0.1) is 6.04 Å². The van der Waals surface area contributed by atoms with Crippen LogP contribution in [0.3, 0.4) is 0 Å². The number of hydrogen-bond acceptors (Lipinski definition) is 3. The maximum Gasteiger partial charge on any atom is 0.408 e. The van der Waals surface area contributed by atoms with Gasteiger partial charge in [-0.15, -0.1) is 6.58 Å². The summed E-state index contributed by atoms with van der Waals surface area (Å²) < 4.78 is 5.16. The van der Waals surface area contributed by atoms with Gasteiger partial charge in [0.2, 0.25) is 0 Å². The molecule has 4 heteroatoms. The smallest absolute Gasteiger partial charge is 0.408 e. The van der Waals surface area contributed by atoms with Crippen LogP contribution in [0.25, 0.3) is 0 Å². The van der Waals surface area contributed by atoms with Gasteiger partial charge in [-0.3, -0.25) is 4.79 Å². The Morgan fingerprint density at radius 1 is 1.44 bits per heavy atom. The molecule has 0 spiro atoms. The Morgan fingerprint density at radius 2 is 2.06 bits per heavy atom. The van der Waals surface area contributed by atoms with Crippen molar-refractivity contribution in [2.45, 2.75) is 58.1 Å². The minimum Gasteiger partial charge on any atom is -0.444 e. The number of rotatable bonds is 5. The van der Waals surface area contributed by atoms with Crippen LogP contribution in [0.1, 0.15) is 46.5 Å². The maximum atomic E-state index is 12.1. The fourth-order valence-electron chi connectivity index (χ4n) is 1.84. The number of carbonyl (C=O) groups is 2. The summed E-state index contributed by atoms with van der Waals surface area (Å²) in [5, 5.41) is 2.64. The number of nitrogens with one attached hydrogen (secondary N) is 1. The molecule has 1 N–H and O–H groups in total. The molecule has 0 aromatic heterocycles. The molecule has 102 valence electrons. The highest BCUT2D eigenvalue weighted by molar-refractivity contribution is 5.89. The molecule has 0 saturated heterocycles. The second-order valence-corrected chi connectivity index (χ2v) is 5.75. The van der Waals surface area contributed by atoms with E-state index < -0.39 is 17.7 Å². The molecule has 0 aliphatic heterocycles. The largest absolute Gasteiger partial charge is 0.444 e. The quantitative estimate of drug-likeness (QED) is 0.766. The molecule has 1 aliphatic rings. The summed E-state index contributed by atoms with van der Waals surface area (Å²) in [6.45, 7) is 9.01. The number of amides is 1. The van der Waals surface area contributed by atoms with Gasteiger partial charge in [0.25, 0.3) is 0 Å². The predicted molar refractivity (Wildman–Crippen MR) is 70.3 cm³/mol. The Bertz CT molecular complexity index is 326. The summed E-state index contributed by atoms with van der Waals surface area (Å²) >= 11 is 0. The zero-order valence-electron chi connectivity index (χ0n) is 11.5. The lowest BCUT2D eigenvalue weighted by Gasteiger charge is -2.29. The average Bonchev–Trinajstić information content (AvgIpc) is 2.11. The van der Waals surface area contributed by atoms with Crippen molar-refractivity contribution >= 4 is 11.9 Å². The van der Waals surface area contributed by atoms with Gasteiger partial charge in [-0.1, -0.05) is 12.5 Å². The average molecular weight is 253 g/mol. The van der Waals surface area contributed by atoms with Crippen LogP contribution in [0.5, 0.6) is 0 Å². The standard InChI is InChI=1S/C14H23NO3/c1-5-7-11(12(16)10-8-6-9-10)15-13(17)18-14(2,3)4/h5,10-11H,1,6-9H2,2-4H3,(H,15,17). The highest BCUT2D eigenvalue weighted by Crippen LogP contribution is 2.28. The Balaban J connectivity index is 2.53. The Kier molecular flexibility index (Phi) is 4.93. The summed E-state index contributed by atoms with van der Waals surface area (Å²) in [5.74, 6) is 0.205. The molecule has 1 unspecified atom stereocenters. The van der Waals surface area contributed by atoms with Crippen molar-refractivity contribution in [3.8, 4) is 0 Å². The Labute approximate surface area is 109 Å². The van der Waals surface area contributed by atoms with Gasteiger partial charge >= 0.3 is 6.09 Å². The van der Waals surface area contributed by atoms with Crippen LogP contribution in [0.2, 0.25) is 0 Å². The minimum atomic E-state index is -0.553. The molecule has 0 aromatic rings. The first kappa shape index (κ1) is 14.7. The number of ketones is 1. The topological polar surface area (TPSA) is 55.4 Å². The van der Waals surface area contributed by atoms with E-state index in [-0.39, 0.29) is 11.7 Å². The first-order valence-corrected chi connectivity index (χ1v) is 6.47. The molecular formula is C14H23NO3. The van der Waals surface area contributed by atoms with E-state index in [0.717, 1.165) is 19.3 Å². The summed E-state index contributed by atoms with van der Waals surface area (Å²) in [6.07, 6.45) is 4.53. The van der Waals surface area contributed by atoms with E-state index in [0.29, 0.717) is 6.42 Å². The third-order valence-electron chi connectivity index (χ3n) is 2.94. The van der Waals surface area contributed by atoms with Crippen LogP contribution < -0.4 is 5.32 Å². The molecule has 1 amide bonds. The summed E-state index contributed by atoms with van der Waals surface area (Å²) in [7, 11) is 0. The first-order valence-electron chi connectivity index (χ1n) is 6.47. The van der Waals surface area contributed by atoms with E-state index in [9.17, 15) is 9.59 Å². The zero-order chi connectivity index (χ0) is 13.8. The van der Waals surface area contributed by atoms with Gasteiger partial charge < -0.3 is 10.1 Å². The SMILES string of the molecule is C=CCC(NC(=O)OC(C)(C)C)C(=O)C1CCC1. The number of carbonyl (C=O) groups excluding carboxylic acids is 2. The van der Waals surface area contributed by atoms with Crippen LogP contribution >= 0.6 is 0 Å². The Hall–Kier alpha value is -1.32. The third-order valence-corrected chi connectivity index (χ3v) is 2.94. The molecule has 0 aromatic carbocycles. The van der Waals surface area contributed by atoms with Crippen LogP contribution in [0.15, 0.2) is 12.7 Å². The Morgan fingerprint density at radius 3 is 2.44 bits per heavy atom. The molecular weight excluding hydrogens is 230 g/mol. The van der Waals surface area contributed by atoms with E-state index in [2.05, 4.69) is 11.9 Å². The second-order valence-electron chi connectivity index (χ2n) is 5.75. The lowest BCUT2D eigenvalue weighted by Crippen LogP contribution is -2.46. The highest BCUT2D eigenvalue weighted by atomic mass is 16.6. The van der Waals surface area contributed by atoms with Crippen LogP contribution in [0, 0.1) is 5.92 Å². The van der Waals surface area contributed by atoms with Gasteiger partial charge in [-0.05, 0) is 40.0 Å². The molecule has 0 bridgehead atoms. The van der Waals surface area contributed by atoms with Crippen LogP contribution in [-0.4, -0.2) is 23.5 Å². The molecule has 18 heavy (non-hydrogen) atoms. The molecule has 1 rings (SSSR count). The zero-order valence-corrected chi connectivity index (χ0v) is 11.5. The fraction of sp³-hybridized carbons (Fsp3) is 0.714. The van der Waals surface area contributed by atoms with Gasteiger partial charge in [0, 0.05) is 5.92 Å². The minimum absolute atomic E-state index is 0.102. The van der Waals surface area contributed by atoms with E-state index in [1.165, 1.54) is 0 Å². The van der Waals surface area contributed by atoms with Crippen molar-refractivity contribution in [2.24, 2.45) is 5.92 Å². The lowest BCUT2D eigenvalue weighted by molar-refractivity contribution is -0.127. The van der Waals surface area contributed by atoms with Crippen molar-refractivity contribution in [2.75, 3.05) is 0 Å². The van der Waals surface area contributed by atoms with Crippen molar-refractivity contribution in [3.63, 3.8) is 0 Å². The number of Topliss-reactive ketones (excluding diaryl/α,β-unsaturated/α-hetero) is 1. The second kappa shape index (κ2) is 6.03. The number of alkyl carbamates (subject to hydrolysis) is 1. The van der Waals surface area contributed by atoms with Gasteiger partial charge in [0.15, 0.2) is 5.78 Å². The van der Waals surface area contributed by atoms with Crippen LogP contribution in [-0.2, 0) is 9.53 Å².